The highest BCUT2D eigenvalue weighted by Gasteiger charge is 2.38. The average molecular weight is 235 g/mol. The Morgan fingerprint density at radius 1 is 1.47 bits per heavy atom. The summed E-state index contributed by atoms with van der Waals surface area (Å²) in [5.41, 5.74) is 2.14. The van der Waals surface area contributed by atoms with Crippen LogP contribution in [0.5, 0.6) is 0 Å². The fraction of sp³-hybridized carbons (Fsp3) is 0.583. The van der Waals surface area contributed by atoms with Crippen molar-refractivity contribution < 1.29 is 9.90 Å². The van der Waals surface area contributed by atoms with E-state index in [4.69, 9.17) is 0 Å². The van der Waals surface area contributed by atoms with E-state index < -0.39 is 5.97 Å². The van der Waals surface area contributed by atoms with Gasteiger partial charge in [-0.25, -0.2) is 4.79 Å². The lowest BCUT2D eigenvalue weighted by atomic mass is 9.95. The Bertz CT molecular complexity index is 472. The average Bonchev–Trinajstić information content (AvgIpc) is 2.82. The van der Waals surface area contributed by atoms with Crippen LogP contribution < -0.4 is 10.6 Å². The Kier molecular flexibility index (Phi) is 2.11. The number of hydrogen-bond acceptors (Lipinski definition) is 3. The highest BCUT2D eigenvalue weighted by Crippen LogP contribution is 2.41. The molecule has 1 spiro atoms. The molecule has 92 valence electrons. The summed E-state index contributed by atoms with van der Waals surface area (Å²) in [4.78, 5) is 11.2. The minimum atomic E-state index is -0.884. The van der Waals surface area contributed by atoms with Crippen LogP contribution in [0, 0.1) is 0 Å². The molecule has 1 aliphatic heterocycles. The van der Waals surface area contributed by atoms with Gasteiger partial charge < -0.3 is 20.3 Å². The van der Waals surface area contributed by atoms with Gasteiger partial charge in [0.25, 0.3) is 0 Å². The minimum absolute atomic E-state index is 0.143. The molecule has 1 fully saturated rings. The first-order valence-electron chi connectivity index (χ1n) is 6.06. The largest absolute Gasteiger partial charge is 0.477 e. The Labute approximate surface area is 99.8 Å². The second kappa shape index (κ2) is 3.42. The molecular weight excluding hydrogens is 218 g/mol. The number of carboxylic acid groups (broad SMARTS) is 1. The Morgan fingerprint density at radius 2 is 2.18 bits per heavy atom. The zero-order valence-electron chi connectivity index (χ0n) is 9.92. The van der Waals surface area contributed by atoms with Crippen molar-refractivity contribution >= 4 is 17.3 Å². The third-order valence-corrected chi connectivity index (χ3v) is 3.95. The molecule has 1 aromatic heterocycles. The molecule has 1 aromatic rings. The Balaban J connectivity index is 1.99. The van der Waals surface area contributed by atoms with E-state index in [-0.39, 0.29) is 5.54 Å². The molecule has 0 amide bonds. The number of aromatic nitrogens is 1. The van der Waals surface area contributed by atoms with Gasteiger partial charge in [-0.05, 0) is 12.8 Å². The number of aryl methyl sites for hydroxylation is 1. The van der Waals surface area contributed by atoms with Crippen molar-refractivity contribution in [3.05, 3.63) is 11.9 Å². The van der Waals surface area contributed by atoms with Gasteiger partial charge in [0, 0.05) is 19.8 Å². The number of carbonyl (C=O) groups is 1. The molecule has 1 aliphatic carbocycles. The van der Waals surface area contributed by atoms with Crippen molar-refractivity contribution in [2.24, 2.45) is 7.05 Å². The Hall–Kier alpha value is -1.65. The summed E-state index contributed by atoms with van der Waals surface area (Å²) >= 11 is 0. The van der Waals surface area contributed by atoms with Crippen LogP contribution >= 0.6 is 0 Å². The molecule has 0 bridgehead atoms. The van der Waals surface area contributed by atoms with E-state index in [1.165, 1.54) is 12.8 Å². The molecule has 1 saturated carbocycles. The lowest BCUT2D eigenvalue weighted by Crippen LogP contribution is -2.45. The first-order valence-corrected chi connectivity index (χ1v) is 6.06. The summed E-state index contributed by atoms with van der Waals surface area (Å²) in [5.74, 6) is -0.884. The smallest absolute Gasteiger partial charge is 0.354 e. The summed E-state index contributed by atoms with van der Waals surface area (Å²) in [6.45, 7) is 0.824. The summed E-state index contributed by atoms with van der Waals surface area (Å²) in [6, 6.07) is 0. The molecule has 2 heterocycles. The fourth-order valence-electron chi connectivity index (χ4n) is 3.10. The normalized spacial score (nSPS) is 20.8. The number of nitrogens with zero attached hydrogens (tertiary/aromatic N) is 1. The predicted molar refractivity (Wildman–Crippen MR) is 65.7 cm³/mol. The zero-order valence-corrected chi connectivity index (χ0v) is 9.92. The minimum Gasteiger partial charge on any atom is -0.477 e. The topological polar surface area (TPSA) is 66.3 Å². The van der Waals surface area contributed by atoms with Crippen LogP contribution in [0.4, 0.5) is 11.4 Å². The van der Waals surface area contributed by atoms with Crippen molar-refractivity contribution in [3.8, 4) is 0 Å². The van der Waals surface area contributed by atoms with Crippen LogP contribution in [-0.2, 0) is 7.05 Å². The van der Waals surface area contributed by atoms with E-state index in [0.717, 1.165) is 30.8 Å². The number of fused-ring (bicyclic) bond motifs is 1. The van der Waals surface area contributed by atoms with Crippen LogP contribution in [0.25, 0.3) is 0 Å². The number of rotatable bonds is 1. The third kappa shape index (κ3) is 1.49. The maximum absolute atomic E-state index is 11.2. The van der Waals surface area contributed by atoms with Gasteiger partial charge in [-0.3, -0.25) is 0 Å². The van der Waals surface area contributed by atoms with E-state index in [1.807, 2.05) is 6.20 Å². The van der Waals surface area contributed by atoms with Crippen LogP contribution in [0.2, 0.25) is 0 Å². The van der Waals surface area contributed by atoms with Gasteiger partial charge in [0.2, 0.25) is 0 Å². The lowest BCUT2D eigenvalue weighted by Gasteiger charge is -2.36. The van der Waals surface area contributed by atoms with Crippen LogP contribution in [0.3, 0.4) is 0 Å². The predicted octanol–water partition coefficient (Wildman–Crippen LogP) is 1.87. The van der Waals surface area contributed by atoms with Crippen LogP contribution in [0.15, 0.2) is 6.20 Å². The Morgan fingerprint density at radius 3 is 2.82 bits per heavy atom. The maximum atomic E-state index is 11.2. The second-order valence-electron chi connectivity index (χ2n) is 5.15. The maximum Gasteiger partial charge on any atom is 0.354 e. The molecule has 5 heteroatoms. The monoisotopic (exact) mass is 235 g/mol. The molecule has 3 N–H and O–H groups in total. The first-order chi connectivity index (χ1) is 8.11. The molecular formula is C12H17N3O2. The zero-order chi connectivity index (χ0) is 12.0. The van der Waals surface area contributed by atoms with E-state index in [2.05, 4.69) is 10.6 Å². The molecule has 0 aromatic carbocycles. The van der Waals surface area contributed by atoms with E-state index >= 15 is 0 Å². The quantitative estimate of drug-likeness (QED) is 0.695. The van der Waals surface area contributed by atoms with Gasteiger partial charge in [0.1, 0.15) is 0 Å². The number of carboxylic acids is 1. The van der Waals surface area contributed by atoms with E-state index in [1.54, 1.807) is 11.6 Å². The van der Waals surface area contributed by atoms with E-state index in [9.17, 15) is 9.90 Å². The van der Waals surface area contributed by atoms with Gasteiger partial charge >= 0.3 is 5.97 Å². The van der Waals surface area contributed by atoms with Crippen LogP contribution in [0.1, 0.15) is 36.2 Å². The van der Waals surface area contributed by atoms with Crippen molar-refractivity contribution in [1.29, 1.82) is 0 Å². The van der Waals surface area contributed by atoms with Crippen molar-refractivity contribution in [2.45, 2.75) is 31.2 Å². The summed E-state index contributed by atoms with van der Waals surface area (Å²) in [6.07, 6.45) is 6.70. The van der Waals surface area contributed by atoms with Crippen molar-refractivity contribution in [3.63, 3.8) is 0 Å². The lowest BCUT2D eigenvalue weighted by molar-refractivity contribution is 0.0687. The van der Waals surface area contributed by atoms with Gasteiger partial charge in [-0.15, -0.1) is 0 Å². The molecule has 5 nitrogen and oxygen atoms in total. The van der Waals surface area contributed by atoms with Gasteiger partial charge in [-0.2, -0.15) is 0 Å². The molecule has 3 rings (SSSR count). The molecule has 2 aliphatic rings. The molecule has 17 heavy (non-hydrogen) atoms. The van der Waals surface area contributed by atoms with Crippen LogP contribution in [-0.4, -0.2) is 27.7 Å². The second-order valence-corrected chi connectivity index (χ2v) is 5.15. The molecule has 0 saturated heterocycles. The highest BCUT2D eigenvalue weighted by atomic mass is 16.4. The SMILES string of the molecule is Cn1cc2c(c1C(=O)O)NCC1(CCCC1)N2. The summed E-state index contributed by atoms with van der Waals surface area (Å²) in [5, 5.41) is 16.0. The highest BCUT2D eigenvalue weighted by molar-refractivity contribution is 5.97. The number of aromatic carboxylic acids is 1. The number of hydrogen-bond donors (Lipinski definition) is 3. The van der Waals surface area contributed by atoms with E-state index in [0.29, 0.717) is 5.69 Å². The first kappa shape index (κ1) is 10.5. The molecule has 0 unspecified atom stereocenters. The van der Waals surface area contributed by atoms with Gasteiger partial charge in [0.05, 0.1) is 16.9 Å². The molecule has 0 atom stereocenters. The van der Waals surface area contributed by atoms with Crippen molar-refractivity contribution in [1.82, 2.24) is 4.57 Å². The number of anilines is 2. The van der Waals surface area contributed by atoms with Crippen molar-refractivity contribution in [2.75, 3.05) is 17.2 Å². The molecule has 0 radical (unpaired) electrons. The number of nitrogens with one attached hydrogen (secondary N) is 2. The summed E-state index contributed by atoms with van der Waals surface area (Å²) < 4.78 is 1.67. The third-order valence-electron chi connectivity index (χ3n) is 3.95. The standard InChI is InChI=1S/C12H17N3O2/c1-15-6-8-9(10(15)11(16)17)13-7-12(14-8)4-2-3-5-12/h6,13-14H,2-5,7H2,1H3,(H,16,17). The van der Waals surface area contributed by atoms with Gasteiger partial charge in [-0.1, -0.05) is 12.8 Å². The fourth-order valence-corrected chi connectivity index (χ4v) is 3.10. The summed E-state index contributed by atoms with van der Waals surface area (Å²) in [7, 11) is 1.77. The van der Waals surface area contributed by atoms with Gasteiger partial charge in [0.15, 0.2) is 5.69 Å².